The SMILES string of the molecule is OCc1nc2ccccc2n1C[C@@H](O)COc1ccc(Br)cc1. The van der Waals surface area contributed by atoms with Gasteiger partial charge in [0.1, 0.15) is 30.9 Å². The van der Waals surface area contributed by atoms with Crippen molar-refractivity contribution in [3.05, 3.63) is 58.8 Å². The zero-order chi connectivity index (χ0) is 16.2. The Hall–Kier alpha value is -1.89. The molecule has 0 fully saturated rings. The van der Waals surface area contributed by atoms with Gasteiger partial charge in [0, 0.05) is 4.47 Å². The van der Waals surface area contributed by atoms with Gasteiger partial charge in [-0.25, -0.2) is 4.98 Å². The topological polar surface area (TPSA) is 67.5 Å². The number of benzene rings is 2. The molecular weight excluding hydrogens is 360 g/mol. The molecule has 1 atom stereocenters. The van der Waals surface area contributed by atoms with Crippen molar-refractivity contribution in [3.63, 3.8) is 0 Å². The lowest BCUT2D eigenvalue weighted by Crippen LogP contribution is -2.24. The van der Waals surface area contributed by atoms with Gasteiger partial charge in [0.15, 0.2) is 0 Å². The number of halogens is 1. The minimum Gasteiger partial charge on any atom is -0.491 e. The van der Waals surface area contributed by atoms with Crippen LogP contribution in [-0.4, -0.2) is 32.5 Å². The Balaban J connectivity index is 1.70. The van der Waals surface area contributed by atoms with E-state index in [1.165, 1.54) is 0 Å². The molecule has 0 radical (unpaired) electrons. The number of aliphatic hydroxyl groups excluding tert-OH is 2. The Labute approximate surface area is 142 Å². The van der Waals surface area contributed by atoms with E-state index in [0.717, 1.165) is 15.5 Å². The molecule has 1 aromatic heterocycles. The third-order valence-corrected chi connectivity index (χ3v) is 4.05. The van der Waals surface area contributed by atoms with E-state index >= 15 is 0 Å². The van der Waals surface area contributed by atoms with Crippen LogP contribution in [-0.2, 0) is 13.2 Å². The molecule has 0 saturated carbocycles. The summed E-state index contributed by atoms with van der Waals surface area (Å²) in [7, 11) is 0. The Morgan fingerprint density at radius 2 is 1.87 bits per heavy atom. The lowest BCUT2D eigenvalue weighted by Gasteiger charge is -2.15. The molecule has 6 heteroatoms. The number of rotatable bonds is 6. The number of nitrogens with zero attached hydrogens (tertiary/aromatic N) is 2. The van der Waals surface area contributed by atoms with Gasteiger partial charge in [0.05, 0.1) is 17.6 Å². The monoisotopic (exact) mass is 376 g/mol. The first kappa shape index (κ1) is 16.0. The molecule has 0 aliphatic carbocycles. The summed E-state index contributed by atoms with van der Waals surface area (Å²) in [5, 5.41) is 19.7. The molecule has 1 heterocycles. The second-order valence-corrected chi connectivity index (χ2v) is 6.12. The molecule has 2 N–H and O–H groups in total. The first-order chi connectivity index (χ1) is 11.2. The molecule has 0 aliphatic heterocycles. The molecule has 120 valence electrons. The predicted molar refractivity (Wildman–Crippen MR) is 91.3 cm³/mol. The molecular formula is C17H17BrN2O3. The van der Waals surface area contributed by atoms with Crippen LogP contribution in [0.25, 0.3) is 11.0 Å². The van der Waals surface area contributed by atoms with Crippen molar-refractivity contribution < 1.29 is 14.9 Å². The van der Waals surface area contributed by atoms with Crippen molar-refractivity contribution in [1.82, 2.24) is 9.55 Å². The maximum absolute atomic E-state index is 10.3. The van der Waals surface area contributed by atoms with Crippen LogP contribution >= 0.6 is 15.9 Å². The van der Waals surface area contributed by atoms with Crippen LogP contribution in [0.3, 0.4) is 0 Å². The van der Waals surface area contributed by atoms with E-state index in [9.17, 15) is 10.2 Å². The quantitative estimate of drug-likeness (QED) is 0.693. The van der Waals surface area contributed by atoms with Gasteiger partial charge < -0.3 is 19.5 Å². The Morgan fingerprint density at radius 3 is 2.61 bits per heavy atom. The van der Waals surface area contributed by atoms with Crippen molar-refractivity contribution in [2.45, 2.75) is 19.3 Å². The highest BCUT2D eigenvalue weighted by atomic mass is 79.9. The maximum Gasteiger partial charge on any atom is 0.135 e. The number of hydrogen-bond donors (Lipinski definition) is 2. The average Bonchev–Trinajstić information content (AvgIpc) is 2.92. The summed E-state index contributed by atoms with van der Waals surface area (Å²) in [4.78, 5) is 4.37. The Bertz CT molecular complexity index is 786. The minimum atomic E-state index is -0.707. The highest BCUT2D eigenvalue weighted by Gasteiger charge is 2.14. The zero-order valence-corrected chi connectivity index (χ0v) is 14.0. The highest BCUT2D eigenvalue weighted by molar-refractivity contribution is 9.10. The van der Waals surface area contributed by atoms with E-state index < -0.39 is 6.10 Å². The zero-order valence-electron chi connectivity index (χ0n) is 12.4. The number of ether oxygens (including phenoxy) is 1. The normalized spacial score (nSPS) is 12.5. The minimum absolute atomic E-state index is 0.166. The molecule has 0 spiro atoms. The lowest BCUT2D eigenvalue weighted by molar-refractivity contribution is 0.0915. The van der Waals surface area contributed by atoms with Crippen LogP contribution in [0.4, 0.5) is 0 Å². The molecule has 23 heavy (non-hydrogen) atoms. The van der Waals surface area contributed by atoms with Crippen LogP contribution < -0.4 is 4.74 Å². The number of aromatic nitrogens is 2. The summed E-state index contributed by atoms with van der Waals surface area (Å²) in [5.41, 5.74) is 1.69. The fraction of sp³-hybridized carbons (Fsp3) is 0.235. The summed E-state index contributed by atoms with van der Waals surface area (Å²) in [6, 6.07) is 15.1. The average molecular weight is 377 g/mol. The first-order valence-electron chi connectivity index (χ1n) is 7.29. The standard InChI is InChI=1S/C17H17BrN2O3/c18-12-5-7-14(8-6-12)23-11-13(22)9-20-16-4-2-1-3-15(16)19-17(20)10-21/h1-8,13,21-22H,9-11H2/t13-/m1/s1. The summed E-state index contributed by atoms with van der Waals surface area (Å²) in [6.45, 7) is 0.306. The first-order valence-corrected chi connectivity index (χ1v) is 8.08. The lowest BCUT2D eigenvalue weighted by atomic mass is 10.3. The van der Waals surface area contributed by atoms with Crippen molar-refractivity contribution in [2.75, 3.05) is 6.61 Å². The second kappa shape index (κ2) is 7.12. The molecule has 0 saturated heterocycles. The summed E-state index contributed by atoms with van der Waals surface area (Å²) in [5.74, 6) is 1.24. The van der Waals surface area contributed by atoms with Gasteiger partial charge in [-0.1, -0.05) is 28.1 Å². The van der Waals surface area contributed by atoms with Crippen LogP contribution in [0, 0.1) is 0 Å². The van der Waals surface area contributed by atoms with Crippen LogP contribution in [0.2, 0.25) is 0 Å². The molecule has 3 aromatic rings. The van der Waals surface area contributed by atoms with Gasteiger partial charge in [0.2, 0.25) is 0 Å². The van der Waals surface area contributed by atoms with E-state index in [4.69, 9.17) is 4.74 Å². The van der Waals surface area contributed by atoms with Crippen LogP contribution in [0.5, 0.6) is 5.75 Å². The molecule has 2 aromatic carbocycles. The molecule has 0 unspecified atom stereocenters. The number of hydrogen-bond acceptors (Lipinski definition) is 4. The van der Waals surface area contributed by atoms with Gasteiger partial charge >= 0.3 is 0 Å². The fourth-order valence-electron chi connectivity index (χ4n) is 2.44. The van der Waals surface area contributed by atoms with Crippen molar-refractivity contribution in [1.29, 1.82) is 0 Å². The summed E-state index contributed by atoms with van der Waals surface area (Å²) in [6.07, 6.45) is -0.707. The third kappa shape index (κ3) is 3.72. The molecule has 0 bridgehead atoms. The largest absolute Gasteiger partial charge is 0.491 e. The van der Waals surface area contributed by atoms with E-state index in [1.54, 1.807) is 0 Å². The second-order valence-electron chi connectivity index (χ2n) is 5.20. The number of aliphatic hydroxyl groups is 2. The number of imidazole rings is 1. The van der Waals surface area contributed by atoms with Gasteiger partial charge in [-0.2, -0.15) is 0 Å². The van der Waals surface area contributed by atoms with Crippen LogP contribution in [0.1, 0.15) is 5.82 Å². The van der Waals surface area contributed by atoms with Gasteiger partial charge in [-0.3, -0.25) is 0 Å². The molecule has 0 amide bonds. The van der Waals surface area contributed by atoms with E-state index in [-0.39, 0.29) is 13.2 Å². The highest BCUT2D eigenvalue weighted by Crippen LogP contribution is 2.18. The van der Waals surface area contributed by atoms with E-state index in [1.807, 2.05) is 53.1 Å². The van der Waals surface area contributed by atoms with E-state index in [2.05, 4.69) is 20.9 Å². The predicted octanol–water partition coefficient (Wildman–Crippen LogP) is 2.73. The van der Waals surface area contributed by atoms with Gasteiger partial charge in [-0.05, 0) is 36.4 Å². The molecule has 0 aliphatic rings. The third-order valence-electron chi connectivity index (χ3n) is 3.52. The van der Waals surface area contributed by atoms with E-state index in [0.29, 0.717) is 18.1 Å². The molecule has 3 rings (SSSR count). The fourth-order valence-corrected chi connectivity index (χ4v) is 2.70. The van der Waals surface area contributed by atoms with Gasteiger partial charge in [-0.15, -0.1) is 0 Å². The van der Waals surface area contributed by atoms with Crippen molar-refractivity contribution in [3.8, 4) is 5.75 Å². The van der Waals surface area contributed by atoms with Crippen LogP contribution in [0.15, 0.2) is 53.0 Å². The molecule has 5 nitrogen and oxygen atoms in total. The van der Waals surface area contributed by atoms with Crippen molar-refractivity contribution in [2.24, 2.45) is 0 Å². The van der Waals surface area contributed by atoms with Crippen molar-refractivity contribution >= 4 is 27.0 Å². The Morgan fingerprint density at radius 1 is 1.13 bits per heavy atom. The smallest absolute Gasteiger partial charge is 0.135 e. The Kier molecular flexibility index (Phi) is 4.95. The number of para-hydroxylation sites is 2. The summed E-state index contributed by atoms with van der Waals surface area (Å²) >= 11 is 3.37. The maximum atomic E-state index is 10.3. The van der Waals surface area contributed by atoms with Gasteiger partial charge in [0.25, 0.3) is 0 Å². The summed E-state index contributed by atoms with van der Waals surface area (Å²) < 4.78 is 8.39. The number of fused-ring (bicyclic) bond motifs is 1.